The Bertz CT molecular complexity index is 1150. The lowest BCUT2D eigenvalue weighted by Crippen LogP contribution is -2.70. The molecule has 1 N–H and O–H groups in total. The lowest BCUT2D eigenvalue weighted by Gasteiger charge is -2.49. The molecule has 2 aromatic rings. The molecule has 2 aromatic carbocycles. The molecule has 2 atom stereocenters. The Labute approximate surface area is 213 Å². The second kappa shape index (κ2) is 11.5. The molecule has 0 spiro atoms. The molecule has 0 bridgehead atoms. The Balaban J connectivity index is 1.46. The number of nitrogens with one attached hydrogen (secondary N) is 1. The molecule has 0 radical (unpaired) electrons. The molecule has 7 nitrogen and oxygen atoms in total. The number of halogens is 1. The van der Waals surface area contributed by atoms with Crippen LogP contribution in [0.3, 0.4) is 0 Å². The second-order valence-electron chi connectivity index (χ2n) is 7.97. The number of ether oxygens (including phenoxy) is 2. The van der Waals surface area contributed by atoms with Crippen LogP contribution in [-0.4, -0.2) is 52.8 Å². The van der Waals surface area contributed by atoms with Crippen LogP contribution in [0.5, 0.6) is 5.75 Å². The Morgan fingerprint density at radius 3 is 2.57 bits per heavy atom. The van der Waals surface area contributed by atoms with Gasteiger partial charge in [0.15, 0.2) is 0 Å². The van der Waals surface area contributed by atoms with E-state index in [0.29, 0.717) is 17.1 Å². The first-order valence-corrected chi connectivity index (χ1v) is 12.6. The number of amides is 2. The zero-order valence-corrected chi connectivity index (χ0v) is 20.7. The smallest absolute Gasteiger partial charge is 0.355 e. The fourth-order valence-corrected chi connectivity index (χ4v) is 5.30. The van der Waals surface area contributed by atoms with Crippen molar-refractivity contribution in [3.05, 3.63) is 89.1 Å². The Hall–Kier alpha value is -3.23. The summed E-state index contributed by atoms with van der Waals surface area (Å²) in [6.45, 7) is 0.0515. The summed E-state index contributed by atoms with van der Waals surface area (Å²) in [6, 6.07) is 15.8. The molecule has 9 heteroatoms. The Morgan fingerprint density at radius 2 is 1.89 bits per heavy atom. The number of hydrogen-bond acceptors (Lipinski definition) is 6. The van der Waals surface area contributed by atoms with Gasteiger partial charge in [-0.25, -0.2) is 4.79 Å². The van der Waals surface area contributed by atoms with Crippen molar-refractivity contribution in [3.63, 3.8) is 0 Å². The van der Waals surface area contributed by atoms with E-state index in [1.54, 1.807) is 43.5 Å². The highest BCUT2D eigenvalue weighted by Gasteiger charge is 2.54. The van der Waals surface area contributed by atoms with Crippen molar-refractivity contribution in [1.29, 1.82) is 0 Å². The number of benzene rings is 2. The zero-order chi connectivity index (χ0) is 24.8. The lowest BCUT2D eigenvalue weighted by molar-refractivity contribution is -0.153. The normalized spacial score (nSPS) is 19.3. The third-order valence-corrected chi connectivity index (χ3v) is 7.13. The predicted octanol–water partition coefficient (Wildman–Crippen LogP) is 3.43. The van der Waals surface area contributed by atoms with Crippen LogP contribution < -0.4 is 10.1 Å². The minimum Gasteiger partial charge on any atom is -0.497 e. The first-order chi connectivity index (χ1) is 17.0. The number of thioether (sulfide) groups is 1. The van der Waals surface area contributed by atoms with E-state index in [1.165, 1.54) is 16.7 Å². The van der Waals surface area contributed by atoms with Crippen LogP contribution in [0.1, 0.15) is 11.1 Å². The van der Waals surface area contributed by atoms with Crippen LogP contribution in [0.25, 0.3) is 0 Å². The van der Waals surface area contributed by atoms with Gasteiger partial charge in [-0.05, 0) is 28.8 Å². The quantitative estimate of drug-likeness (QED) is 0.315. The van der Waals surface area contributed by atoms with Gasteiger partial charge in [0.05, 0.1) is 13.5 Å². The zero-order valence-electron chi connectivity index (χ0n) is 19.1. The second-order valence-corrected chi connectivity index (χ2v) is 9.39. The van der Waals surface area contributed by atoms with Crippen LogP contribution in [0.15, 0.2) is 78.0 Å². The van der Waals surface area contributed by atoms with Crippen molar-refractivity contribution in [2.45, 2.75) is 24.4 Å². The molecule has 0 saturated carbocycles. The molecule has 4 rings (SSSR count). The van der Waals surface area contributed by atoms with E-state index in [0.717, 1.165) is 11.1 Å². The average molecular weight is 513 g/mol. The molecule has 1 fully saturated rings. The maximum Gasteiger partial charge on any atom is 0.355 e. The number of carbonyl (C=O) groups excluding carboxylic acids is 3. The lowest BCUT2D eigenvalue weighted by atomic mass is 10.0. The van der Waals surface area contributed by atoms with E-state index < -0.39 is 12.0 Å². The highest BCUT2D eigenvalue weighted by Crippen LogP contribution is 2.41. The largest absolute Gasteiger partial charge is 0.497 e. The number of methoxy groups -OCH3 is 1. The van der Waals surface area contributed by atoms with Gasteiger partial charge in [-0.1, -0.05) is 54.6 Å². The highest BCUT2D eigenvalue weighted by atomic mass is 35.5. The number of β-lactam (4-membered cyclic amide) rings is 1. The van der Waals surface area contributed by atoms with Crippen LogP contribution in [0.2, 0.25) is 0 Å². The van der Waals surface area contributed by atoms with Crippen molar-refractivity contribution >= 4 is 41.1 Å². The summed E-state index contributed by atoms with van der Waals surface area (Å²) >= 11 is 7.29. The van der Waals surface area contributed by atoms with Gasteiger partial charge in [-0.15, -0.1) is 23.4 Å². The number of nitrogens with zero attached hydrogens (tertiary/aromatic N) is 1. The minimum absolute atomic E-state index is 0.0515. The summed E-state index contributed by atoms with van der Waals surface area (Å²) in [5.74, 6) is 0.294. The molecule has 2 aliphatic heterocycles. The summed E-state index contributed by atoms with van der Waals surface area (Å²) in [6.07, 6.45) is 3.64. The standard InChI is InChI=1S/C26H25ClN2O5S/c1-33-20-11-9-18(10-12-20)15-34-26(32)23-19(8-5-13-27)16-35-25-22(24(31)29(23)25)28-21(30)14-17-6-3-2-4-7-17/h2-12,22,25H,13-16H2,1H3,(H,28,30)/t22-,25-/m1/s1. The van der Waals surface area contributed by atoms with Crippen molar-refractivity contribution in [1.82, 2.24) is 10.2 Å². The maximum absolute atomic E-state index is 13.1. The van der Waals surface area contributed by atoms with Crippen molar-refractivity contribution in [2.24, 2.45) is 0 Å². The van der Waals surface area contributed by atoms with Gasteiger partial charge >= 0.3 is 5.97 Å². The number of hydrogen-bond donors (Lipinski definition) is 1. The van der Waals surface area contributed by atoms with E-state index in [9.17, 15) is 14.4 Å². The van der Waals surface area contributed by atoms with Crippen LogP contribution in [0.4, 0.5) is 0 Å². The minimum atomic E-state index is -0.695. The number of rotatable bonds is 9. The SMILES string of the molecule is COc1ccc(COC(=O)C2=C(C=CCCl)CS[C@@H]3[C@H](NC(=O)Cc4ccccc4)C(=O)N23)cc1. The van der Waals surface area contributed by atoms with Gasteiger partial charge in [-0.2, -0.15) is 0 Å². The van der Waals surface area contributed by atoms with Gasteiger partial charge in [-0.3, -0.25) is 14.5 Å². The third kappa shape index (κ3) is 5.71. The van der Waals surface area contributed by atoms with Crippen LogP contribution in [-0.2, 0) is 32.1 Å². The number of esters is 1. The van der Waals surface area contributed by atoms with Gasteiger partial charge in [0, 0.05) is 11.6 Å². The molecule has 2 heterocycles. The van der Waals surface area contributed by atoms with E-state index in [-0.39, 0.29) is 41.8 Å². The average Bonchev–Trinajstić information content (AvgIpc) is 2.89. The van der Waals surface area contributed by atoms with Gasteiger partial charge in [0.25, 0.3) is 5.91 Å². The summed E-state index contributed by atoms with van der Waals surface area (Å²) in [7, 11) is 1.58. The van der Waals surface area contributed by atoms with Crippen molar-refractivity contribution < 1.29 is 23.9 Å². The molecule has 0 unspecified atom stereocenters. The van der Waals surface area contributed by atoms with Crippen molar-refractivity contribution in [3.8, 4) is 5.75 Å². The van der Waals surface area contributed by atoms with E-state index in [2.05, 4.69) is 5.32 Å². The summed E-state index contributed by atoms with van der Waals surface area (Å²) in [5.41, 5.74) is 2.51. The third-order valence-electron chi connectivity index (χ3n) is 5.65. The number of allylic oxidation sites excluding steroid dienone is 2. The first kappa shape index (κ1) is 24.9. The molecule has 182 valence electrons. The maximum atomic E-state index is 13.1. The number of carbonyl (C=O) groups is 3. The highest BCUT2D eigenvalue weighted by molar-refractivity contribution is 8.00. The Morgan fingerprint density at radius 1 is 1.14 bits per heavy atom. The van der Waals surface area contributed by atoms with Gasteiger partial charge < -0.3 is 14.8 Å². The summed E-state index contributed by atoms with van der Waals surface area (Å²) in [4.78, 5) is 40.1. The van der Waals surface area contributed by atoms with E-state index >= 15 is 0 Å². The topological polar surface area (TPSA) is 84.9 Å². The molecular formula is C26H25ClN2O5S. The fourth-order valence-electron chi connectivity index (χ4n) is 3.89. The van der Waals surface area contributed by atoms with Gasteiger partial charge in [0.1, 0.15) is 29.5 Å². The molecule has 2 aliphatic rings. The summed E-state index contributed by atoms with van der Waals surface area (Å²) in [5, 5.41) is 2.45. The summed E-state index contributed by atoms with van der Waals surface area (Å²) < 4.78 is 10.7. The molecule has 1 saturated heterocycles. The molecule has 35 heavy (non-hydrogen) atoms. The first-order valence-electron chi connectivity index (χ1n) is 11.1. The molecule has 0 aromatic heterocycles. The van der Waals surface area contributed by atoms with Crippen LogP contribution >= 0.6 is 23.4 Å². The number of alkyl halides is 1. The van der Waals surface area contributed by atoms with Gasteiger partial charge in [0.2, 0.25) is 5.91 Å². The number of fused-ring (bicyclic) bond motifs is 1. The van der Waals surface area contributed by atoms with E-state index in [4.69, 9.17) is 21.1 Å². The predicted molar refractivity (Wildman–Crippen MR) is 135 cm³/mol. The molecular weight excluding hydrogens is 488 g/mol. The van der Waals surface area contributed by atoms with Crippen molar-refractivity contribution in [2.75, 3.05) is 18.7 Å². The monoisotopic (exact) mass is 512 g/mol. The van der Waals surface area contributed by atoms with Crippen LogP contribution in [0, 0.1) is 0 Å². The van der Waals surface area contributed by atoms with E-state index in [1.807, 2.05) is 30.3 Å². The molecule has 0 aliphatic carbocycles. The Kier molecular flexibility index (Phi) is 8.15. The fraction of sp³-hybridized carbons (Fsp3) is 0.269. The molecule has 2 amide bonds.